The molecule has 0 atom stereocenters. The minimum atomic E-state index is -0.271. The fourth-order valence-electron chi connectivity index (χ4n) is 13.4. The minimum Gasteiger partial charge on any atom is -0.454 e. The molecule has 5 heteroatoms. The highest BCUT2D eigenvalue weighted by molar-refractivity contribution is 6.90. The van der Waals surface area contributed by atoms with Gasteiger partial charge in [-0.15, -0.1) is 0 Å². The average Bonchev–Trinajstić information content (AvgIpc) is 4.02. The van der Waals surface area contributed by atoms with Gasteiger partial charge in [0.25, 0.3) is 0 Å². The van der Waals surface area contributed by atoms with E-state index in [4.69, 9.17) is 4.42 Å². The molecule has 0 saturated carbocycles. The van der Waals surface area contributed by atoms with Crippen molar-refractivity contribution in [3.05, 3.63) is 228 Å². The van der Waals surface area contributed by atoms with Gasteiger partial charge in [-0.2, -0.15) is 0 Å². The van der Waals surface area contributed by atoms with Crippen LogP contribution in [-0.4, -0.2) is 11.3 Å². The van der Waals surface area contributed by atoms with Crippen molar-refractivity contribution in [2.45, 2.75) is 90.9 Å². The molecule has 1 aliphatic carbocycles. The van der Waals surface area contributed by atoms with Crippen molar-refractivity contribution in [1.82, 2.24) is 4.48 Å². The molecule has 11 aromatic rings. The van der Waals surface area contributed by atoms with Crippen molar-refractivity contribution in [2.24, 2.45) is 0 Å². The normalized spacial score (nSPS) is 15.0. The first kappa shape index (κ1) is 45.6. The molecule has 0 fully saturated rings. The number of rotatable bonds is 5. The Balaban J connectivity index is 1.18. The summed E-state index contributed by atoms with van der Waals surface area (Å²) in [6.45, 7) is 23.7. The van der Waals surface area contributed by atoms with Gasteiger partial charge in [-0.1, -0.05) is 191 Å². The van der Waals surface area contributed by atoms with E-state index in [9.17, 15) is 0 Å². The second kappa shape index (κ2) is 15.8. The summed E-state index contributed by atoms with van der Waals surface area (Å²) in [6.07, 6.45) is 0. The summed E-state index contributed by atoms with van der Waals surface area (Å²) >= 11 is 0. The van der Waals surface area contributed by atoms with Crippen LogP contribution in [0.2, 0.25) is 0 Å². The highest BCUT2D eigenvalue weighted by Crippen LogP contribution is 2.55. The Morgan fingerprint density at radius 1 is 0.440 bits per heavy atom. The quantitative estimate of drug-likeness (QED) is 0.161. The van der Waals surface area contributed by atoms with Crippen LogP contribution in [0, 0.1) is 0 Å². The number of benzene rings is 9. The molecule has 3 aliphatic rings. The maximum absolute atomic E-state index is 7.22. The molecule has 0 bridgehead atoms. The third-order valence-corrected chi connectivity index (χ3v) is 17.3. The number of fused-ring (bicyclic) bond motifs is 11. The van der Waals surface area contributed by atoms with Gasteiger partial charge < -0.3 is 18.7 Å². The van der Waals surface area contributed by atoms with Gasteiger partial charge in [-0.25, -0.2) is 0 Å². The van der Waals surface area contributed by atoms with Gasteiger partial charge in [0.15, 0.2) is 5.58 Å². The number of hydrogen-bond acceptors (Lipinski definition) is 3. The molecule has 2 aliphatic heterocycles. The van der Waals surface area contributed by atoms with Crippen molar-refractivity contribution in [3.63, 3.8) is 0 Å². The van der Waals surface area contributed by atoms with Crippen LogP contribution >= 0.6 is 0 Å². The van der Waals surface area contributed by atoms with E-state index in [1.54, 1.807) is 0 Å². The van der Waals surface area contributed by atoms with E-state index in [2.05, 4.69) is 278 Å². The first-order valence-corrected chi connectivity index (χ1v) is 26.9. The first-order chi connectivity index (χ1) is 36.0. The SMILES string of the molecule is CC(C)(C)c1ccc(N2c3cc4c(cc3B3c5c(cc(C(C)(C)C)cc52)-c2cc(N(c5ccccc5)c5ccccc5)cc5c6oc7ccccc7c6n3c25)C(C)(C)c2ccccc2C4(C)C)c(-c2ccccc2)c1. The van der Waals surface area contributed by atoms with Crippen LogP contribution in [0.15, 0.2) is 199 Å². The molecule has 2 aromatic heterocycles. The summed E-state index contributed by atoms with van der Waals surface area (Å²) in [4.78, 5) is 5.09. The smallest absolute Gasteiger partial charge is 0.333 e. The molecule has 4 heterocycles. The van der Waals surface area contributed by atoms with Gasteiger partial charge in [-0.05, 0) is 139 Å². The summed E-state index contributed by atoms with van der Waals surface area (Å²) in [5.74, 6) is 0. The molecule has 0 saturated heterocycles. The van der Waals surface area contributed by atoms with E-state index in [-0.39, 0.29) is 28.5 Å². The molecular formula is C70H62BN3O. The van der Waals surface area contributed by atoms with Crippen LogP contribution in [0.25, 0.3) is 55.2 Å². The highest BCUT2D eigenvalue weighted by atomic mass is 16.3. The fraction of sp³-hybridized carbons (Fsp3) is 0.200. The summed E-state index contributed by atoms with van der Waals surface area (Å²) in [7, 11) is 0. The maximum Gasteiger partial charge on any atom is 0.333 e. The molecule has 14 rings (SSSR count). The average molecular weight is 972 g/mol. The Morgan fingerprint density at radius 2 is 1.01 bits per heavy atom. The maximum atomic E-state index is 7.22. The Morgan fingerprint density at radius 3 is 1.65 bits per heavy atom. The zero-order valence-electron chi connectivity index (χ0n) is 44.8. The molecule has 366 valence electrons. The molecule has 0 N–H and O–H groups in total. The second-order valence-corrected chi connectivity index (χ2v) is 24.6. The number of para-hydroxylation sites is 3. The van der Waals surface area contributed by atoms with Crippen LogP contribution in [0.5, 0.6) is 0 Å². The summed E-state index contributed by atoms with van der Waals surface area (Å²) in [5, 5.41) is 2.23. The summed E-state index contributed by atoms with van der Waals surface area (Å²) in [6, 6.07) is 73.1. The molecule has 75 heavy (non-hydrogen) atoms. The number of aromatic nitrogens is 1. The molecule has 0 amide bonds. The van der Waals surface area contributed by atoms with E-state index in [0.29, 0.717) is 0 Å². The molecule has 0 spiro atoms. The Bertz CT molecular complexity index is 4110. The van der Waals surface area contributed by atoms with E-state index < -0.39 is 0 Å². The van der Waals surface area contributed by atoms with Crippen molar-refractivity contribution >= 4 is 84.9 Å². The van der Waals surface area contributed by atoms with E-state index in [0.717, 1.165) is 44.5 Å². The van der Waals surface area contributed by atoms with Gasteiger partial charge >= 0.3 is 6.85 Å². The van der Waals surface area contributed by atoms with Crippen LogP contribution in [-0.2, 0) is 21.7 Å². The van der Waals surface area contributed by atoms with Gasteiger partial charge in [0.05, 0.1) is 11.2 Å². The summed E-state index contributed by atoms with van der Waals surface area (Å²) in [5.41, 5.74) is 25.9. The third-order valence-electron chi connectivity index (χ3n) is 17.3. The van der Waals surface area contributed by atoms with Gasteiger partial charge in [-0.3, -0.25) is 0 Å². The first-order valence-electron chi connectivity index (χ1n) is 26.9. The lowest BCUT2D eigenvalue weighted by Crippen LogP contribution is -2.57. The number of anilines is 6. The van der Waals surface area contributed by atoms with Gasteiger partial charge in [0.2, 0.25) is 0 Å². The van der Waals surface area contributed by atoms with Crippen molar-refractivity contribution in [1.29, 1.82) is 0 Å². The van der Waals surface area contributed by atoms with E-state index >= 15 is 0 Å². The third kappa shape index (κ3) is 6.56. The predicted molar refractivity (Wildman–Crippen MR) is 318 cm³/mol. The van der Waals surface area contributed by atoms with Crippen molar-refractivity contribution < 1.29 is 4.42 Å². The standard InChI is InChI=1S/C70H62BN3O/c1-67(2,3)44-34-35-59(50(36-44)43-24-14-11-15-25-43)73-60-42-57-56(69(7,8)54-31-21-22-32-55(54)70(57,9)10)41-58(60)71-63-51(37-45(38-61(63)73)68(4,5)6)52-39-48(72(46-26-16-12-17-27-46)47-28-18-13-19-29-47)40-53-64(52)74(71)65-49-30-20-23-33-62(49)75-66(53)65/h11-42H,1-10H3. The topological polar surface area (TPSA) is 24.6 Å². The van der Waals surface area contributed by atoms with Crippen LogP contribution in [0.4, 0.5) is 34.1 Å². The van der Waals surface area contributed by atoms with Crippen molar-refractivity contribution in [2.75, 3.05) is 9.80 Å². The minimum absolute atomic E-state index is 0.0618. The van der Waals surface area contributed by atoms with Gasteiger partial charge in [0.1, 0.15) is 5.58 Å². The second-order valence-electron chi connectivity index (χ2n) is 24.6. The van der Waals surface area contributed by atoms with E-state index in [1.807, 2.05) is 0 Å². The Hall–Kier alpha value is -8.02. The fourth-order valence-corrected chi connectivity index (χ4v) is 13.4. The number of hydrogen-bond donors (Lipinski definition) is 0. The van der Waals surface area contributed by atoms with Gasteiger partial charge in [0, 0.05) is 66.7 Å². The lowest BCUT2D eigenvalue weighted by atomic mass is 9.44. The predicted octanol–water partition coefficient (Wildman–Crippen LogP) is 17.7. The highest BCUT2D eigenvalue weighted by Gasteiger charge is 2.49. The lowest BCUT2D eigenvalue weighted by molar-refractivity contribution is 0.521. The van der Waals surface area contributed by atoms with Crippen LogP contribution < -0.4 is 20.7 Å². The molecular weight excluding hydrogens is 910 g/mol. The molecule has 4 nitrogen and oxygen atoms in total. The number of nitrogens with zero attached hydrogens (tertiary/aromatic N) is 3. The largest absolute Gasteiger partial charge is 0.454 e. The lowest BCUT2D eigenvalue weighted by Gasteiger charge is -2.47. The van der Waals surface area contributed by atoms with E-state index in [1.165, 1.54) is 89.1 Å². The molecule has 0 unspecified atom stereocenters. The molecule has 0 radical (unpaired) electrons. The zero-order chi connectivity index (χ0) is 51.5. The van der Waals surface area contributed by atoms with Crippen LogP contribution in [0.3, 0.4) is 0 Å². The zero-order valence-corrected chi connectivity index (χ0v) is 44.8. The van der Waals surface area contributed by atoms with Crippen LogP contribution in [0.1, 0.15) is 103 Å². The van der Waals surface area contributed by atoms with Crippen molar-refractivity contribution in [3.8, 4) is 22.3 Å². The Kier molecular flexibility index (Phi) is 9.58. The molecule has 9 aromatic carbocycles. The Labute approximate surface area is 442 Å². The monoisotopic (exact) mass is 971 g/mol. The summed E-state index contributed by atoms with van der Waals surface area (Å²) < 4.78 is 9.92. The number of furan rings is 1.